The Morgan fingerprint density at radius 1 is 0.120 bits per heavy atom. The van der Waals surface area contributed by atoms with Gasteiger partial charge in [-0.1, -0.05) is 146 Å². The van der Waals surface area contributed by atoms with E-state index in [0.29, 0.717) is 0 Å². The smallest absolute Gasteiger partial charge is 0.0490 e. The average Bonchev–Trinajstić information content (AvgIpc) is 1.10. The monoisotopic (exact) mass is 1190 g/mol. The van der Waals surface area contributed by atoms with Crippen LogP contribution in [0.15, 0.2) is 315 Å². The number of hydrogen-bond acceptors (Lipinski definition) is 6. The van der Waals surface area contributed by atoms with Gasteiger partial charge in [0.1, 0.15) is 0 Å². The van der Waals surface area contributed by atoms with Crippen molar-refractivity contribution in [1.29, 1.82) is 0 Å². The molecule has 0 N–H and O–H groups in total. The van der Waals surface area contributed by atoms with Gasteiger partial charge in [-0.05, 0) is 270 Å². The maximum Gasteiger partial charge on any atom is 0.0490 e. The van der Waals surface area contributed by atoms with Crippen LogP contribution >= 0.6 is 0 Å². The Morgan fingerprint density at radius 2 is 0.217 bits per heavy atom. The number of aryl methyl sites for hydroxylation is 8. The van der Waals surface area contributed by atoms with Crippen LogP contribution in [-0.4, -0.2) is 0 Å². The lowest BCUT2D eigenvalue weighted by Crippen LogP contribution is -2.15. The minimum absolute atomic E-state index is 1.02. The maximum atomic E-state index is 2.38. The van der Waals surface area contributed by atoms with Gasteiger partial charge < -0.3 is 29.4 Å². The van der Waals surface area contributed by atoms with Crippen molar-refractivity contribution < 1.29 is 0 Å². The quantitative estimate of drug-likeness (QED) is 0.0847. The molecule has 0 heterocycles. The van der Waals surface area contributed by atoms with E-state index in [-0.39, 0.29) is 0 Å². The lowest BCUT2D eigenvalue weighted by Gasteiger charge is -2.32. The molecule has 13 aromatic carbocycles. The Morgan fingerprint density at radius 3 is 0.326 bits per heavy atom. The maximum absolute atomic E-state index is 2.38. The second-order valence-electron chi connectivity index (χ2n) is 23.9. The van der Waals surface area contributed by atoms with Crippen LogP contribution in [0.5, 0.6) is 0 Å². The molecule has 6 heteroatoms. The van der Waals surface area contributed by atoms with Crippen molar-refractivity contribution in [2.24, 2.45) is 0 Å². The van der Waals surface area contributed by atoms with E-state index < -0.39 is 0 Å². The molecule has 6 nitrogen and oxygen atoms in total. The summed E-state index contributed by atoms with van der Waals surface area (Å²) < 4.78 is 0. The van der Waals surface area contributed by atoms with Crippen LogP contribution in [0.1, 0.15) is 44.5 Å². The first-order valence-electron chi connectivity index (χ1n) is 31.8. The fraction of sp³-hybridized carbons (Fsp3) is 0.0930. The highest BCUT2D eigenvalue weighted by Gasteiger charge is 2.24. The average molecular weight is 1190 g/mol. The van der Waals surface area contributed by atoms with Crippen LogP contribution in [0, 0.1) is 55.4 Å². The molecule has 0 fully saturated rings. The molecule has 13 aromatic rings. The van der Waals surface area contributed by atoms with E-state index in [2.05, 4.69) is 400 Å². The molecule has 0 aromatic heterocycles. The molecule has 0 unspecified atom stereocenters. The minimum Gasteiger partial charge on any atom is -0.310 e. The van der Waals surface area contributed by atoms with Crippen molar-refractivity contribution in [2.75, 3.05) is 29.4 Å². The molecule has 0 radical (unpaired) electrons. The van der Waals surface area contributed by atoms with E-state index in [9.17, 15) is 0 Å². The normalized spacial score (nSPS) is 11.0. The summed E-state index contributed by atoms with van der Waals surface area (Å²) in [5.74, 6) is 0. The largest absolute Gasteiger partial charge is 0.310 e. The summed E-state index contributed by atoms with van der Waals surface area (Å²) in [7, 11) is 0. The molecule has 0 amide bonds. The topological polar surface area (TPSA) is 19.4 Å². The van der Waals surface area contributed by atoms with E-state index in [1.54, 1.807) is 0 Å². The van der Waals surface area contributed by atoms with Crippen molar-refractivity contribution in [3.8, 4) is 0 Å². The standard InChI is InChI=1S/C86H76N6/c1-61-25-9-17-33-79(61)89(80-34-18-10-26-62(80)2)75-53-45-71(46-54-75)87(72-47-55-76(56-48-72)90(81-35-19-11-27-63(81)3)82-36-20-12-28-64(82)4)69-41-43-70(44-42-69)88(73-49-57-77(58-50-73)91(83-37-21-13-29-65(83)5)84-38-22-14-30-66(84)6)74-51-59-78(60-52-74)92(85-39-23-15-31-67(85)7)86-40-24-16-32-68(86)8/h9-60H,1-8H3. The lowest BCUT2D eigenvalue weighted by molar-refractivity contribution is 1.21. The Bertz CT molecular complexity index is 3930. The molecule has 450 valence electrons. The molecule has 0 spiro atoms. The van der Waals surface area contributed by atoms with E-state index in [4.69, 9.17) is 0 Å². The summed E-state index contributed by atoms with van der Waals surface area (Å²) in [6, 6.07) is 114. The molecular formula is C86H76N6. The molecule has 0 aliphatic carbocycles. The molecule has 13 rings (SSSR count). The van der Waals surface area contributed by atoms with Gasteiger partial charge in [0.25, 0.3) is 0 Å². The Hall–Kier alpha value is -11.3. The summed E-state index contributed by atoms with van der Waals surface area (Å²) >= 11 is 0. The molecule has 92 heavy (non-hydrogen) atoms. The summed E-state index contributed by atoms with van der Waals surface area (Å²) in [6.45, 7) is 17.5. The number of nitrogens with zero attached hydrogens (tertiary/aromatic N) is 6. The first-order valence-corrected chi connectivity index (χ1v) is 31.8. The van der Waals surface area contributed by atoms with Crippen LogP contribution < -0.4 is 29.4 Å². The highest BCUT2D eigenvalue weighted by molar-refractivity contribution is 5.89. The van der Waals surface area contributed by atoms with E-state index in [1.165, 1.54) is 44.5 Å². The van der Waals surface area contributed by atoms with Gasteiger partial charge in [0.15, 0.2) is 0 Å². The highest BCUT2D eigenvalue weighted by Crippen LogP contribution is 2.47. The SMILES string of the molecule is Cc1ccccc1N(c1ccc(N(c2ccc(N(c3ccc(N(c4ccccc4C)c4ccccc4C)cc3)c3ccc(N(c4ccccc4C)c4ccccc4C)cc3)cc2)c2ccc(N(c3ccccc3C)c3ccccc3C)cc2)cc1)c1ccccc1C. The van der Waals surface area contributed by atoms with Gasteiger partial charge in [-0.15, -0.1) is 0 Å². The van der Waals surface area contributed by atoms with Gasteiger partial charge in [-0.3, -0.25) is 0 Å². The number of rotatable bonds is 18. The third-order valence-corrected chi connectivity index (χ3v) is 17.7. The molecule has 0 bridgehead atoms. The Labute approximate surface area is 544 Å². The second-order valence-corrected chi connectivity index (χ2v) is 23.9. The zero-order chi connectivity index (χ0) is 63.2. The highest BCUT2D eigenvalue weighted by atomic mass is 15.2. The molecule has 0 aliphatic rings. The summed E-state index contributed by atoms with van der Waals surface area (Å²) in [4.78, 5) is 14.3. The Balaban J connectivity index is 0.941. The first kappa shape index (κ1) is 59.6. The lowest BCUT2D eigenvalue weighted by atomic mass is 10.1. The third kappa shape index (κ3) is 12.0. The van der Waals surface area contributed by atoms with Crippen LogP contribution in [0.3, 0.4) is 0 Å². The van der Waals surface area contributed by atoms with Crippen molar-refractivity contribution in [3.05, 3.63) is 360 Å². The number of anilines is 18. The van der Waals surface area contributed by atoms with Crippen molar-refractivity contribution in [1.82, 2.24) is 0 Å². The van der Waals surface area contributed by atoms with Crippen LogP contribution in [-0.2, 0) is 0 Å². The second kappa shape index (κ2) is 26.4. The molecule has 0 atom stereocenters. The van der Waals surface area contributed by atoms with Gasteiger partial charge in [-0.25, -0.2) is 0 Å². The zero-order valence-corrected chi connectivity index (χ0v) is 53.7. The molecular weight excluding hydrogens is 1120 g/mol. The first-order chi connectivity index (χ1) is 45.0. The van der Waals surface area contributed by atoms with E-state index in [0.717, 1.165) is 102 Å². The van der Waals surface area contributed by atoms with E-state index >= 15 is 0 Å². The number of benzene rings is 13. The summed E-state index contributed by atoms with van der Waals surface area (Å²) in [5.41, 5.74) is 29.2. The van der Waals surface area contributed by atoms with Crippen molar-refractivity contribution in [2.45, 2.75) is 55.4 Å². The summed E-state index contributed by atoms with van der Waals surface area (Å²) in [6.07, 6.45) is 0. The predicted molar refractivity (Wildman–Crippen MR) is 392 cm³/mol. The number of para-hydroxylation sites is 8. The fourth-order valence-corrected chi connectivity index (χ4v) is 12.8. The van der Waals surface area contributed by atoms with Gasteiger partial charge in [0.05, 0.1) is 0 Å². The van der Waals surface area contributed by atoms with Gasteiger partial charge in [0.2, 0.25) is 0 Å². The van der Waals surface area contributed by atoms with Gasteiger partial charge >= 0.3 is 0 Å². The van der Waals surface area contributed by atoms with Crippen LogP contribution in [0.25, 0.3) is 0 Å². The molecule has 0 saturated carbocycles. The Kier molecular flexibility index (Phi) is 17.1. The van der Waals surface area contributed by atoms with Gasteiger partial charge in [-0.2, -0.15) is 0 Å². The fourth-order valence-electron chi connectivity index (χ4n) is 12.8. The third-order valence-electron chi connectivity index (χ3n) is 17.7. The predicted octanol–water partition coefficient (Wildman–Crippen LogP) is 25.0. The zero-order valence-electron chi connectivity index (χ0n) is 53.7. The van der Waals surface area contributed by atoms with Crippen LogP contribution in [0.4, 0.5) is 102 Å². The van der Waals surface area contributed by atoms with Crippen molar-refractivity contribution in [3.63, 3.8) is 0 Å². The van der Waals surface area contributed by atoms with E-state index in [1.807, 2.05) is 0 Å². The molecule has 0 aliphatic heterocycles. The molecule has 0 saturated heterocycles. The van der Waals surface area contributed by atoms with Crippen LogP contribution in [0.2, 0.25) is 0 Å². The van der Waals surface area contributed by atoms with Gasteiger partial charge in [0, 0.05) is 102 Å². The number of hydrogen-bond donors (Lipinski definition) is 0. The summed E-state index contributed by atoms with van der Waals surface area (Å²) in [5, 5.41) is 0. The van der Waals surface area contributed by atoms with Crippen molar-refractivity contribution >= 4 is 102 Å². The minimum atomic E-state index is 1.02.